The van der Waals surface area contributed by atoms with Crippen molar-refractivity contribution in [3.05, 3.63) is 67.1 Å². The van der Waals surface area contributed by atoms with E-state index in [0.717, 1.165) is 0 Å². The molecule has 0 amide bonds. The Morgan fingerprint density at radius 2 is 1.70 bits per heavy atom. The predicted octanol–water partition coefficient (Wildman–Crippen LogP) is 5.31. The van der Waals surface area contributed by atoms with Gasteiger partial charge in [0, 0.05) is 22.3 Å². The van der Waals surface area contributed by atoms with Crippen molar-refractivity contribution in [3.8, 4) is 0 Å². The van der Waals surface area contributed by atoms with E-state index in [-0.39, 0.29) is 10.7 Å². The van der Waals surface area contributed by atoms with Crippen LogP contribution in [0.3, 0.4) is 0 Å². The van der Waals surface area contributed by atoms with Gasteiger partial charge in [0.1, 0.15) is 5.02 Å². The second kappa shape index (κ2) is 6.22. The van der Waals surface area contributed by atoms with E-state index in [1.54, 1.807) is 24.3 Å². The maximum Gasteiger partial charge on any atom is 0.288 e. The molecule has 0 N–H and O–H groups in total. The van der Waals surface area contributed by atoms with Crippen LogP contribution in [0, 0.1) is 10.1 Å². The molecule has 0 saturated carbocycles. The Morgan fingerprint density at radius 3 is 2.30 bits per heavy atom. The van der Waals surface area contributed by atoms with Crippen LogP contribution in [-0.2, 0) is 0 Å². The number of halogens is 3. The van der Waals surface area contributed by atoms with E-state index in [2.05, 4.69) is 4.99 Å². The van der Waals surface area contributed by atoms with Crippen LogP contribution in [0.25, 0.3) is 0 Å². The predicted molar refractivity (Wildman–Crippen MR) is 81.8 cm³/mol. The van der Waals surface area contributed by atoms with Crippen molar-refractivity contribution in [2.45, 2.75) is 0 Å². The quantitative estimate of drug-likeness (QED) is 0.435. The highest BCUT2D eigenvalue weighted by molar-refractivity contribution is 6.35. The summed E-state index contributed by atoms with van der Waals surface area (Å²) in [6.07, 6.45) is 1.48. The molecular formula is C13H7Cl3N2O2. The molecule has 2 aromatic carbocycles. The van der Waals surface area contributed by atoms with Gasteiger partial charge in [0.25, 0.3) is 5.69 Å². The molecular weight excluding hydrogens is 323 g/mol. The van der Waals surface area contributed by atoms with Gasteiger partial charge in [-0.15, -0.1) is 0 Å². The Kier molecular flexibility index (Phi) is 4.60. The molecule has 20 heavy (non-hydrogen) atoms. The third-order valence-electron chi connectivity index (χ3n) is 2.38. The molecule has 0 heterocycles. The Hall–Kier alpha value is -1.62. The van der Waals surface area contributed by atoms with Crippen LogP contribution in [0.1, 0.15) is 5.56 Å². The van der Waals surface area contributed by atoms with E-state index in [9.17, 15) is 10.1 Å². The van der Waals surface area contributed by atoms with Crippen LogP contribution in [-0.4, -0.2) is 11.1 Å². The lowest BCUT2D eigenvalue weighted by molar-refractivity contribution is -0.384. The average molecular weight is 330 g/mol. The molecule has 0 aliphatic rings. The normalized spacial score (nSPS) is 10.9. The highest BCUT2D eigenvalue weighted by Gasteiger charge is 2.11. The van der Waals surface area contributed by atoms with E-state index < -0.39 is 4.92 Å². The second-order valence-corrected chi connectivity index (χ2v) is 5.13. The zero-order valence-corrected chi connectivity index (χ0v) is 12.2. The summed E-state index contributed by atoms with van der Waals surface area (Å²) in [6.45, 7) is 0. The van der Waals surface area contributed by atoms with Gasteiger partial charge in [0.05, 0.1) is 10.6 Å². The number of benzene rings is 2. The summed E-state index contributed by atoms with van der Waals surface area (Å²) in [4.78, 5) is 14.4. The molecule has 0 aromatic heterocycles. The van der Waals surface area contributed by atoms with Crippen molar-refractivity contribution in [3.63, 3.8) is 0 Å². The molecule has 102 valence electrons. The molecule has 0 unspecified atom stereocenters. The van der Waals surface area contributed by atoms with Crippen molar-refractivity contribution < 1.29 is 4.92 Å². The molecule has 0 fully saturated rings. The van der Waals surface area contributed by atoms with Crippen molar-refractivity contribution in [2.24, 2.45) is 4.99 Å². The smallest absolute Gasteiger partial charge is 0.258 e. The fraction of sp³-hybridized carbons (Fsp3) is 0. The minimum absolute atomic E-state index is 0.0814. The Morgan fingerprint density at radius 1 is 1.05 bits per heavy atom. The summed E-state index contributed by atoms with van der Waals surface area (Å²) in [5.74, 6) is 0. The monoisotopic (exact) mass is 328 g/mol. The van der Waals surface area contributed by atoms with Crippen LogP contribution in [0.15, 0.2) is 41.4 Å². The Bertz CT molecular complexity index is 682. The summed E-state index contributed by atoms with van der Waals surface area (Å²) in [5.41, 5.74) is 0.942. The second-order valence-electron chi connectivity index (χ2n) is 3.85. The van der Waals surface area contributed by atoms with E-state index in [4.69, 9.17) is 34.8 Å². The van der Waals surface area contributed by atoms with Gasteiger partial charge in [-0.3, -0.25) is 15.1 Å². The zero-order chi connectivity index (χ0) is 14.7. The van der Waals surface area contributed by atoms with E-state index in [1.165, 1.54) is 18.3 Å². The first kappa shape index (κ1) is 14.8. The lowest BCUT2D eigenvalue weighted by atomic mass is 10.2. The van der Waals surface area contributed by atoms with Gasteiger partial charge >= 0.3 is 0 Å². The van der Waals surface area contributed by atoms with Crippen LogP contribution >= 0.6 is 34.8 Å². The van der Waals surface area contributed by atoms with Gasteiger partial charge in [-0.1, -0.05) is 40.9 Å². The first-order chi connectivity index (χ1) is 9.45. The van der Waals surface area contributed by atoms with Crippen LogP contribution in [0.2, 0.25) is 15.1 Å². The minimum atomic E-state index is -0.546. The lowest BCUT2D eigenvalue weighted by Crippen LogP contribution is -1.91. The summed E-state index contributed by atoms with van der Waals surface area (Å²) in [6, 6.07) is 9.28. The van der Waals surface area contributed by atoms with Crippen molar-refractivity contribution in [1.82, 2.24) is 0 Å². The summed E-state index contributed by atoms with van der Waals surface area (Å²) < 4.78 is 0. The highest BCUT2D eigenvalue weighted by Crippen LogP contribution is 2.26. The third kappa shape index (κ3) is 3.70. The maximum atomic E-state index is 10.8. The van der Waals surface area contributed by atoms with Gasteiger partial charge in [-0.25, -0.2) is 0 Å². The number of nitro benzene ring substituents is 1. The van der Waals surface area contributed by atoms with Crippen molar-refractivity contribution >= 4 is 52.4 Å². The highest BCUT2D eigenvalue weighted by atomic mass is 35.5. The zero-order valence-electron chi connectivity index (χ0n) is 9.89. The average Bonchev–Trinajstić information content (AvgIpc) is 2.36. The molecule has 0 radical (unpaired) electrons. The molecule has 2 rings (SSSR count). The van der Waals surface area contributed by atoms with E-state index in [1.807, 2.05) is 0 Å². The summed E-state index contributed by atoms with van der Waals surface area (Å²) in [7, 11) is 0. The number of hydrogen-bond acceptors (Lipinski definition) is 3. The topological polar surface area (TPSA) is 55.5 Å². The number of hydrogen-bond donors (Lipinski definition) is 0. The van der Waals surface area contributed by atoms with Gasteiger partial charge < -0.3 is 0 Å². The van der Waals surface area contributed by atoms with Gasteiger partial charge in [0.15, 0.2) is 0 Å². The van der Waals surface area contributed by atoms with Crippen LogP contribution in [0.5, 0.6) is 0 Å². The largest absolute Gasteiger partial charge is 0.288 e. The van der Waals surface area contributed by atoms with Gasteiger partial charge in [0.2, 0.25) is 0 Å². The Balaban J connectivity index is 2.31. The standard InChI is InChI=1S/C13H7Cl3N2O2/c14-9-4-10(15)6-11(5-9)17-7-8-1-2-12(16)13(3-8)18(19)20/h1-7H. The third-order valence-corrected chi connectivity index (χ3v) is 3.13. The minimum Gasteiger partial charge on any atom is -0.258 e. The molecule has 4 nitrogen and oxygen atoms in total. The van der Waals surface area contributed by atoms with Gasteiger partial charge in [-0.05, 0) is 29.8 Å². The molecule has 2 aromatic rings. The number of nitrogens with zero attached hydrogens (tertiary/aromatic N) is 2. The molecule has 0 aliphatic carbocycles. The molecule has 7 heteroatoms. The van der Waals surface area contributed by atoms with Gasteiger partial charge in [-0.2, -0.15) is 0 Å². The summed E-state index contributed by atoms with van der Waals surface area (Å²) >= 11 is 17.4. The van der Waals surface area contributed by atoms with Crippen molar-refractivity contribution in [2.75, 3.05) is 0 Å². The summed E-state index contributed by atoms with van der Waals surface area (Å²) in [5, 5.41) is 11.8. The molecule has 0 atom stereocenters. The molecule has 0 spiro atoms. The van der Waals surface area contributed by atoms with E-state index in [0.29, 0.717) is 21.3 Å². The molecule has 0 saturated heterocycles. The molecule has 0 bridgehead atoms. The SMILES string of the molecule is O=[N+]([O-])c1cc(C=Nc2cc(Cl)cc(Cl)c2)ccc1Cl. The fourth-order valence-electron chi connectivity index (χ4n) is 1.51. The number of rotatable bonds is 3. The Labute approximate surface area is 129 Å². The van der Waals surface area contributed by atoms with E-state index >= 15 is 0 Å². The van der Waals surface area contributed by atoms with Crippen molar-refractivity contribution in [1.29, 1.82) is 0 Å². The lowest BCUT2D eigenvalue weighted by Gasteiger charge is -1.99. The van der Waals surface area contributed by atoms with Crippen LogP contribution in [0.4, 0.5) is 11.4 Å². The first-order valence-corrected chi connectivity index (χ1v) is 6.53. The molecule has 0 aliphatic heterocycles. The fourth-order valence-corrected chi connectivity index (χ4v) is 2.21. The first-order valence-electron chi connectivity index (χ1n) is 5.40. The van der Waals surface area contributed by atoms with Crippen LogP contribution < -0.4 is 0 Å². The number of aliphatic imine (C=N–C) groups is 1. The number of nitro groups is 1. The maximum absolute atomic E-state index is 10.8.